The number of ether oxygens (including phenoxy) is 1. The first-order valence-corrected chi connectivity index (χ1v) is 10.6. The van der Waals surface area contributed by atoms with Gasteiger partial charge in [0.1, 0.15) is 11.4 Å². The summed E-state index contributed by atoms with van der Waals surface area (Å²) in [5.41, 5.74) is 0.658. The fraction of sp³-hybridized carbons (Fsp3) is 0.391. The largest absolute Gasteiger partial charge is 0.497 e. The Bertz CT molecular complexity index is 1210. The molecule has 3 aromatic rings. The number of carbonyl (C=O) groups excluding carboxylic acids is 1. The smallest absolute Gasteiger partial charge is 0.329 e. The molecule has 162 valence electrons. The molecular formula is C23H26N4O4. The maximum atomic E-state index is 13.5. The van der Waals surface area contributed by atoms with Gasteiger partial charge in [0.2, 0.25) is 0 Å². The van der Waals surface area contributed by atoms with Crippen LogP contribution in [0.5, 0.6) is 5.75 Å². The highest BCUT2D eigenvalue weighted by atomic mass is 16.5. The Hall–Kier alpha value is -3.42. The first-order chi connectivity index (χ1) is 15.0. The van der Waals surface area contributed by atoms with Crippen molar-refractivity contribution in [2.45, 2.75) is 45.2 Å². The van der Waals surface area contributed by atoms with Crippen molar-refractivity contribution in [2.75, 3.05) is 13.7 Å². The molecular weight excluding hydrogens is 396 g/mol. The Kier molecular flexibility index (Phi) is 5.88. The fourth-order valence-corrected chi connectivity index (χ4v) is 4.27. The van der Waals surface area contributed by atoms with Crippen LogP contribution in [0, 0.1) is 0 Å². The molecule has 0 bridgehead atoms. The molecule has 8 heteroatoms. The molecule has 1 unspecified atom stereocenters. The second-order valence-electron chi connectivity index (χ2n) is 7.74. The summed E-state index contributed by atoms with van der Waals surface area (Å²) < 4.78 is 6.64. The summed E-state index contributed by atoms with van der Waals surface area (Å²) in [6.45, 7) is 2.81. The van der Waals surface area contributed by atoms with Crippen LogP contribution in [0.15, 0.2) is 46.1 Å². The first-order valence-electron chi connectivity index (χ1n) is 10.6. The van der Waals surface area contributed by atoms with Gasteiger partial charge < -0.3 is 9.64 Å². The van der Waals surface area contributed by atoms with E-state index in [1.807, 2.05) is 29.2 Å². The van der Waals surface area contributed by atoms with E-state index in [9.17, 15) is 14.4 Å². The predicted molar refractivity (Wildman–Crippen MR) is 118 cm³/mol. The Labute approximate surface area is 179 Å². The number of amides is 1. The number of likely N-dealkylation sites (tertiary alicyclic amines) is 1. The minimum atomic E-state index is -0.533. The van der Waals surface area contributed by atoms with Crippen LogP contribution in [-0.2, 0) is 6.54 Å². The zero-order valence-electron chi connectivity index (χ0n) is 17.8. The Balaban J connectivity index is 1.74. The number of fused-ring (bicyclic) bond motifs is 1. The summed E-state index contributed by atoms with van der Waals surface area (Å²) in [6.07, 6.45) is 5.36. The third kappa shape index (κ3) is 3.97. The number of hydrogen-bond acceptors (Lipinski definition) is 5. The lowest BCUT2D eigenvalue weighted by Crippen LogP contribution is -2.35. The monoisotopic (exact) mass is 422 g/mol. The first kappa shape index (κ1) is 20.8. The van der Waals surface area contributed by atoms with Crippen LogP contribution >= 0.6 is 0 Å². The highest BCUT2D eigenvalue weighted by molar-refractivity contribution is 5.97. The maximum Gasteiger partial charge on any atom is 0.329 e. The van der Waals surface area contributed by atoms with Crippen molar-refractivity contribution >= 4 is 16.9 Å². The van der Waals surface area contributed by atoms with Crippen LogP contribution in [0.25, 0.3) is 11.0 Å². The van der Waals surface area contributed by atoms with E-state index in [4.69, 9.17) is 4.74 Å². The van der Waals surface area contributed by atoms with Gasteiger partial charge in [0.15, 0.2) is 0 Å². The molecule has 3 heterocycles. The van der Waals surface area contributed by atoms with Crippen LogP contribution < -0.4 is 16.0 Å². The summed E-state index contributed by atoms with van der Waals surface area (Å²) in [7, 11) is 1.63. The van der Waals surface area contributed by atoms with Crippen LogP contribution in [0.1, 0.15) is 54.6 Å². The van der Waals surface area contributed by atoms with Crippen molar-refractivity contribution in [3.63, 3.8) is 0 Å². The van der Waals surface area contributed by atoms with E-state index >= 15 is 0 Å². The molecule has 4 rings (SSSR count). The van der Waals surface area contributed by atoms with Gasteiger partial charge in [0, 0.05) is 19.3 Å². The maximum absolute atomic E-state index is 13.5. The Morgan fingerprint density at radius 2 is 1.97 bits per heavy atom. The molecule has 2 aromatic heterocycles. The minimum absolute atomic E-state index is 0.0560. The molecule has 0 radical (unpaired) electrons. The van der Waals surface area contributed by atoms with E-state index in [0.29, 0.717) is 18.7 Å². The minimum Gasteiger partial charge on any atom is -0.497 e. The lowest BCUT2D eigenvalue weighted by atomic mass is 10.00. The normalized spacial score (nSPS) is 16.8. The third-order valence-electron chi connectivity index (χ3n) is 5.91. The summed E-state index contributed by atoms with van der Waals surface area (Å²) in [4.78, 5) is 46.4. The van der Waals surface area contributed by atoms with E-state index in [2.05, 4.69) is 9.97 Å². The zero-order chi connectivity index (χ0) is 22.0. The fourth-order valence-electron chi connectivity index (χ4n) is 4.27. The van der Waals surface area contributed by atoms with Crippen molar-refractivity contribution < 1.29 is 9.53 Å². The van der Waals surface area contributed by atoms with Crippen molar-refractivity contribution in [1.29, 1.82) is 0 Å². The van der Waals surface area contributed by atoms with Crippen molar-refractivity contribution in [3.05, 3.63) is 68.5 Å². The van der Waals surface area contributed by atoms with E-state index in [0.717, 1.165) is 37.0 Å². The van der Waals surface area contributed by atoms with Gasteiger partial charge >= 0.3 is 5.69 Å². The molecule has 1 aromatic carbocycles. The van der Waals surface area contributed by atoms with Gasteiger partial charge in [-0.1, -0.05) is 25.0 Å². The lowest BCUT2D eigenvalue weighted by Gasteiger charge is -2.30. The van der Waals surface area contributed by atoms with E-state index in [-0.39, 0.29) is 23.0 Å². The molecule has 1 saturated heterocycles. The number of benzene rings is 1. The number of H-pyrrole nitrogens is 1. The van der Waals surface area contributed by atoms with Crippen molar-refractivity contribution in [1.82, 2.24) is 19.4 Å². The Morgan fingerprint density at radius 1 is 1.19 bits per heavy atom. The molecule has 1 amide bonds. The number of rotatable bonds is 4. The SMILES string of the molecule is CCn1c(=O)[nH]c(=O)c2cc(C(=O)N3CCCCCC3c3ccc(OC)cc3)cnc21. The van der Waals surface area contributed by atoms with Gasteiger partial charge in [-0.05, 0) is 43.5 Å². The number of nitrogens with zero attached hydrogens (tertiary/aromatic N) is 3. The quantitative estimate of drug-likeness (QED) is 0.697. The number of aryl methyl sites for hydroxylation is 1. The second kappa shape index (κ2) is 8.75. The van der Waals surface area contributed by atoms with Gasteiger partial charge in [-0.3, -0.25) is 19.1 Å². The number of aromatic amines is 1. The number of hydrogen-bond donors (Lipinski definition) is 1. The molecule has 0 saturated carbocycles. The van der Waals surface area contributed by atoms with E-state index in [1.54, 1.807) is 20.1 Å². The summed E-state index contributed by atoms with van der Waals surface area (Å²) in [5, 5.41) is 0.239. The van der Waals surface area contributed by atoms with Crippen LogP contribution in [0.2, 0.25) is 0 Å². The predicted octanol–water partition coefficient (Wildman–Crippen LogP) is 2.87. The van der Waals surface area contributed by atoms with Crippen molar-refractivity contribution in [2.24, 2.45) is 0 Å². The molecule has 0 aliphatic carbocycles. The molecule has 1 aliphatic rings. The highest BCUT2D eigenvalue weighted by Crippen LogP contribution is 2.32. The third-order valence-corrected chi connectivity index (χ3v) is 5.91. The molecule has 0 spiro atoms. The molecule has 31 heavy (non-hydrogen) atoms. The van der Waals surface area contributed by atoms with Gasteiger partial charge in [-0.25, -0.2) is 9.78 Å². The summed E-state index contributed by atoms with van der Waals surface area (Å²) in [6, 6.07) is 9.30. The number of pyridine rings is 1. The summed E-state index contributed by atoms with van der Waals surface area (Å²) in [5.74, 6) is 0.612. The van der Waals surface area contributed by atoms with Gasteiger partial charge in [-0.2, -0.15) is 0 Å². The van der Waals surface area contributed by atoms with Crippen LogP contribution in [0.3, 0.4) is 0 Å². The van der Waals surface area contributed by atoms with Gasteiger partial charge in [0.25, 0.3) is 11.5 Å². The van der Waals surface area contributed by atoms with Crippen LogP contribution in [0.4, 0.5) is 0 Å². The van der Waals surface area contributed by atoms with Crippen LogP contribution in [-0.4, -0.2) is 39.0 Å². The number of aromatic nitrogens is 3. The number of methoxy groups -OCH3 is 1. The average Bonchev–Trinajstić information content (AvgIpc) is 3.05. The zero-order valence-corrected chi connectivity index (χ0v) is 17.8. The molecule has 1 fully saturated rings. The van der Waals surface area contributed by atoms with Gasteiger partial charge in [-0.15, -0.1) is 0 Å². The number of carbonyl (C=O) groups is 1. The molecule has 1 N–H and O–H groups in total. The molecule has 1 atom stereocenters. The standard InChI is InChI=1S/C23H26N4O4/c1-3-26-20-18(21(28)25-23(26)30)13-16(14-24-20)22(29)27-12-6-4-5-7-19(27)15-8-10-17(31-2)11-9-15/h8-11,13-14,19H,3-7,12H2,1-2H3,(H,25,28,30). The highest BCUT2D eigenvalue weighted by Gasteiger charge is 2.28. The Morgan fingerprint density at radius 3 is 2.68 bits per heavy atom. The summed E-state index contributed by atoms with van der Waals surface area (Å²) >= 11 is 0. The molecule has 8 nitrogen and oxygen atoms in total. The van der Waals surface area contributed by atoms with Gasteiger partial charge in [0.05, 0.1) is 24.1 Å². The topological polar surface area (TPSA) is 97.3 Å². The number of nitrogens with one attached hydrogen (secondary N) is 1. The average molecular weight is 422 g/mol. The second-order valence-corrected chi connectivity index (χ2v) is 7.74. The molecule has 1 aliphatic heterocycles. The van der Waals surface area contributed by atoms with E-state index in [1.165, 1.54) is 10.8 Å². The van der Waals surface area contributed by atoms with E-state index < -0.39 is 11.2 Å². The lowest BCUT2D eigenvalue weighted by molar-refractivity contribution is 0.0680. The van der Waals surface area contributed by atoms with Crippen molar-refractivity contribution in [3.8, 4) is 5.75 Å².